The normalized spacial score (nSPS) is 11.6. The Bertz CT molecular complexity index is 2530. The molecule has 0 fully saturated rings. The van der Waals surface area contributed by atoms with Gasteiger partial charge in [0.25, 0.3) is 0 Å². The summed E-state index contributed by atoms with van der Waals surface area (Å²) in [6.45, 7) is 0. The Morgan fingerprint density at radius 1 is 0.356 bits per heavy atom. The summed E-state index contributed by atoms with van der Waals surface area (Å²) >= 11 is 0. The zero-order chi connectivity index (χ0) is 29.7. The smallest absolute Gasteiger partial charge is 0.160 e. The first-order valence-corrected chi connectivity index (χ1v) is 15.2. The van der Waals surface area contributed by atoms with Crippen LogP contribution in [0.15, 0.2) is 162 Å². The van der Waals surface area contributed by atoms with Crippen LogP contribution >= 0.6 is 0 Å². The van der Waals surface area contributed by atoms with Crippen molar-refractivity contribution in [3.05, 3.63) is 158 Å². The molecule has 0 amide bonds. The summed E-state index contributed by atoms with van der Waals surface area (Å²) in [5.41, 5.74) is 10.3. The van der Waals surface area contributed by atoms with Crippen molar-refractivity contribution in [1.82, 2.24) is 9.97 Å². The third kappa shape index (κ3) is 4.37. The largest absolute Gasteiger partial charge is 0.456 e. The van der Waals surface area contributed by atoms with Crippen LogP contribution in [0.2, 0.25) is 0 Å². The van der Waals surface area contributed by atoms with Gasteiger partial charge in [-0.15, -0.1) is 0 Å². The van der Waals surface area contributed by atoms with Crippen LogP contribution in [0.1, 0.15) is 0 Å². The maximum atomic E-state index is 6.06. The first-order valence-electron chi connectivity index (χ1n) is 15.2. The molecule has 0 aliphatic carbocycles. The first kappa shape index (κ1) is 25.4. The van der Waals surface area contributed by atoms with Crippen molar-refractivity contribution in [3.8, 4) is 44.9 Å². The maximum absolute atomic E-state index is 6.06. The first-order chi connectivity index (χ1) is 22.3. The lowest BCUT2D eigenvalue weighted by Gasteiger charge is -2.13. The molecular formula is C42H26N2O. The molecule has 7 aromatic carbocycles. The second kappa shape index (κ2) is 10.3. The lowest BCUT2D eigenvalue weighted by atomic mass is 9.98. The minimum Gasteiger partial charge on any atom is -0.456 e. The number of hydrogen-bond acceptors (Lipinski definition) is 3. The van der Waals surface area contributed by atoms with Crippen LogP contribution in [0.4, 0.5) is 0 Å². The Morgan fingerprint density at radius 3 is 1.89 bits per heavy atom. The Hall–Kier alpha value is -6.06. The van der Waals surface area contributed by atoms with Crippen molar-refractivity contribution in [1.29, 1.82) is 0 Å². The van der Waals surface area contributed by atoms with Gasteiger partial charge in [-0.1, -0.05) is 127 Å². The predicted octanol–water partition coefficient (Wildman–Crippen LogP) is 11.4. The van der Waals surface area contributed by atoms with Crippen LogP contribution in [-0.4, -0.2) is 9.97 Å². The van der Waals surface area contributed by atoms with Gasteiger partial charge in [-0.25, -0.2) is 9.97 Å². The summed E-state index contributed by atoms with van der Waals surface area (Å²) < 4.78 is 6.06. The van der Waals surface area contributed by atoms with Crippen LogP contribution in [0.25, 0.3) is 88.5 Å². The standard InChI is InChI=1S/C42H26N2O/c1-2-9-27(10-3-1)31-12-8-13-33(25-31)42-43-40(36-23-21-29-11-4-5-14-34(29)41(36)44-42)30-19-17-28(18-20-30)32-22-24-39-37(26-32)35-15-6-7-16-38(35)45-39/h1-26H. The number of para-hydroxylation sites is 1. The average Bonchev–Trinajstić information content (AvgIpc) is 3.50. The van der Waals surface area contributed by atoms with E-state index in [-0.39, 0.29) is 0 Å². The second-order valence-corrected chi connectivity index (χ2v) is 11.4. The molecule has 3 nitrogen and oxygen atoms in total. The molecular weight excluding hydrogens is 548 g/mol. The molecule has 0 N–H and O–H groups in total. The summed E-state index contributed by atoms with van der Waals surface area (Å²) in [5.74, 6) is 0.716. The number of benzene rings is 7. The van der Waals surface area contributed by atoms with E-state index in [1.165, 1.54) is 5.56 Å². The van der Waals surface area contributed by atoms with Crippen molar-refractivity contribution in [2.45, 2.75) is 0 Å². The van der Waals surface area contributed by atoms with Gasteiger partial charge in [0.2, 0.25) is 0 Å². The van der Waals surface area contributed by atoms with Crippen LogP contribution in [0.3, 0.4) is 0 Å². The summed E-state index contributed by atoms with van der Waals surface area (Å²) in [4.78, 5) is 10.4. The highest BCUT2D eigenvalue weighted by Gasteiger charge is 2.15. The summed E-state index contributed by atoms with van der Waals surface area (Å²) in [7, 11) is 0. The lowest BCUT2D eigenvalue weighted by molar-refractivity contribution is 0.669. The number of aromatic nitrogens is 2. The van der Waals surface area contributed by atoms with Crippen molar-refractivity contribution in [2.75, 3.05) is 0 Å². The second-order valence-electron chi connectivity index (χ2n) is 11.4. The molecule has 210 valence electrons. The van der Waals surface area contributed by atoms with E-state index in [1.54, 1.807) is 0 Å². The molecule has 0 radical (unpaired) electrons. The van der Waals surface area contributed by atoms with E-state index in [2.05, 4.69) is 140 Å². The fourth-order valence-corrected chi connectivity index (χ4v) is 6.41. The number of fused-ring (bicyclic) bond motifs is 6. The molecule has 0 atom stereocenters. The molecule has 0 saturated carbocycles. The van der Waals surface area contributed by atoms with Gasteiger partial charge >= 0.3 is 0 Å². The van der Waals surface area contributed by atoms with Crippen molar-refractivity contribution >= 4 is 43.6 Å². The summed E-state index contributed by atoms with van der Waals surface area (Å²) in [6, 6.07) is 55.0. The zero-order valence-electron chi connectivity index (χ0n) is 24.3. The maximum Gasteiger partial charge on any atom is 0.160 e. The van der Waals surface area contributed by atoms with Crippen LogP contribution in [-0.2, 0) is 0 Å². The highest BCUT2D eigenvalue weighted by molar-refractivity contribution is 6.10. The van der Waals surface area contributed by atoms with Crippen molar-refractivity contribution in [3.63, 3.8) is 0 Å². The third-order valence-corrected chi connectivity index (χ3v) is 8.69. The summed E-state index contributed by atoms with van der Waals surface area (Å²) in [5, 5.41) is 5.58. The van der Waals surface area contributed by atoms with E-state index < -0.39 is 0 Å². The number of furan rings is 1. The SMILES string of the molecule is c1ccc(-c2cccc(-c3nc(-c4ccc(-c5ccc6oc7ccccc7c6c5)cc4)c4ccc5ccccc5c4n3)c2)cc1. The Kier molecular flexibility index (Phi) is 5.82. The number of nitrogens with zero attached hydrogens (tertiary/aromatic N) is 2. The molecule has 0 bridgehead atoms. The summed E-state index contributed by atoms with van der Waals surface area (Å²) in [6.07, 6.45) is 0. The monoisotopic (exact) mass is 574 g/mol. The van der Waals surface area contributed by atoms with E-state index in [0.29, 0.717) is 5.82 Å². The topological polar surface area (TPSA) is 38.9 Å². The van der Waals surface area contributed by atoms with E-state index >= 15 is 0 Å². The molecule has 3 heteroatoms. The van der Waals surface area contributed by atoms with E-state index in [9.17, 15) is 0 Å². The van der Waals surface area contributed by atoms with Gasteiger partial charge in [0.15, 0.2) is 5.82 Å². The minimum absolute atomic E-state index is 0.716. The van der Waals surface area contributed by atoms with Crippen LogP contribution in [0, 0.1) is 0 Å². The van der Waals surface area contributed by atoms with Gasteiger partial charge in [-0.2, -0.15) is 0 Å². The Balaban J connectivity index is 1.19. The predicted molar refractivity (Wildman–Crippen MR) is 186 cm³/mol. The van der Waals surface area contributed by atoms with Gasteiger partial charge < -0.3 is 4.42 Å². The van der Waals surface area contributed by atoms with Gasteiger partial charge in [-0.3, -0.25) is 0 Å². The van der Waals surface area contributed by atoms with Crippen LogP contribution in [0.5, 0.6) is 0 Å². The van der Waals surface area contributed by atoms with Gasteiger partial charge in [0.1, 0.15) is 11.2 Å². The molecule has 0 aliphatic rings. The molecule has 0 unspecified atom stereocenters. The number of hydrogen-bond donors (Lipinski definition) is 0. The number of rotatable bonds is 4. The molecule has 0 aliphatic heterocycles. The van der Waals surface area contributed by atoms with Crippen molar-refractivity contribution < 1.29 is 4.42 Å². The Labute approximate surface area is 260 Å². The average molecular weight is 575 g/mol. The molecule has 2 aromatic heterocycles. The lowest BCUT2D eigenvalue weighted by Crippen LogP contribution is -1.96. The highest BCUT2D eigenvalue weighted by atomic mass is 16.3. The van der Waals surface area contributed by atoms with E-state index in [4.69, 9.17) is 14.4 Å². The van der Waals surface area contributed by atoms with E-state index in [0.717, 1.165) is 77.1 Å². The van der Waals surface area contributed by atoms with Crippen molar-refractivity contribution in [2.24, 2.45) is 0 Å². The fourth-order valence-electron chi connectivity index (χ4n) is 6.41. The Morgan fingerprint density at radius 2 is 1.00 bits per heavy atom. The quantitative estimate of drug-likeness (QED) is 0.196. The van der Waals surface area contributed by atoms with Gasteiger partial charge in [0.05, 0.1) is 11.2 Å². The molecule has 2 heterocycles. The zero-order valence-corrected chi connectivity index (χ0v) is 24.3. The molecule has 45 heavy (non-hydrogen) atoms. The van der Waals surface area contributed by atoms with Gasteiger partial charge in [-0.05, 0) is 58.0 Å². The van der Waals surface area contributed by atoms with Crippen LogP contribution < -0.4 is 0 Å². The molecule has 0 spiro atoms. The van der Waals surface area contributed by atoms with E-state index in [1.807, 2.05) is 18.2 Å². The molecule has 0 saturated heterocycles. The molecule has 9 rings (SSSR count). The van der Waals surface area contributed by atoms with Gasteiger partial charge in [0, 0.05) is 32.7 Å². The molecule has 9 aromatic rings. The minimum atomic E-state index is 0.716. The fraction of sp³-hybridized carbons (Fsp3) is 0. The third-order valence-electron chi connectivity index (χ3n) is 8.69. The highest BCUT2D eigenvalue weighted by Crippen LogP contribution is 2.36.